The van der Waals surface area contributed by atoms with E-state index in [1.807, 2.05) is 24.3 Å². The molecule has 2 aromatic carbocycles. The first-order valence-electron chi connectivity index (χ1n) is 10.7. The van der Waals surface area contributed by atoms with Gasteiger partial charge in [0, 0.05) is 23.9 Å². The minimum absolute atomic E-state index is 0.135. The fraction of sp³-hybridized carbons (Fsp3) is 0.261. The molecule has 1 atom stereocenters. The van der Waals surface area contributed by atoms with E-state index >= 15 is 0 Å². The molecule has 0 fully saturated rings. The third-order valence-electron chi connectivity index (χ3n) is 5.50. The van der Waals surface area contributed by atoms with Gasteiger partial charge in [0.15, 0.2) is 9.54 Å². The molecule has 3 aliphatic heterocycles. The number of amides is 2. The SMILES string of the molecule is O=C1CCCN2N=C(SCC(=O)N3N=C(c4ccc(Br)cc4)C[C@@H]3c3ccc(F)cc3)SC2=N1. The number of rotatable bonds is 4. The summed E-state index contributed by atoms with van der Waals surface area (Å²) in [6.07, 6.45) is 1.66. The van der Waals surface area contributed by atoms with Crippen LogP contribution in [-0.2, 0) is 9.59 Å². The van der Waals surface area contributed by atoms with Crippen molar-refractivity contribution in [3.05, 3.63) is 69.9 Å². The minimum atomic E-state index is -0.325. The van der Waals surface area contributed by atoms with Crippen molar-refractivity contribution >= 4 is 66.5 Å². The summed E-state index contributed by atoms with van der Waals surface area (Å²) in [5.41, 5.74) is 2.56. The Morgan fingerprint density at radius 1 is 1.15 bits per heavy atom. The number of amidine groups is 1. The van der Waals surface area contributed by atoms with Gasteiger partial charge in [-0.15, -0.1) is 0 Å². The van der Waals surface area contributed by atoms with Crippen LogP contribution in [0.3, 0.4) is 0 Å². The van der Waals surface area contributed by atoms with Crippen LogP contribution in [-0.4, -0.2) is 49.4 Å². The number of halogens is 2. The van der Waals surface area contributed by atoms with Crippen LogP contribution >= 0.6 is 39.5 Å². The Kier molecular flexibility index (Phi) is 6.84. The van der Waals surface area contributed by atoms with Gasteiger partial charge in [0.25, 0.3) is 5.91 Å². The van der Waals surface area contributed by atoms with Gasteiger partial charge in [0.1, 0.15) is 5.82 Å². The molecule has 34 heavy (non-hydrogen) atoms. The van der Waals surface area contributed by atoms with E-state index in [1.165, 1.54) is 40.7 Å². The number of carbonyl (C=O) groups is 2. The van der Waals surface area contributed by atoms with Crippen molar-refractivity contribution in [2.75, 3.05) is 12.3 Å². The van der Waals surface area contributed by atoms with Crippen LogP contribution in [0.15, 0.2) is 68.2 Å². The van der Waals surface area contributed by atoms with Gasteiger partial charge in [-0.1, -0.05) is 52.0 Å². The second-order valence-electron chi connectivity index (χ2n) is 7.83. The van der Waals surface area contributed by atoms with E-state index in [4.69, 9.17) is 0 Å². The Bertz CT molecular complexity index is 1220. The first-order valence-corrected chi connectivity index (χ1v) is 13.2. The molecule has 2 aromatic rings. The van der Waals surface area contributed by atoms with Crippen LogP contribution in [0.2, 0.25) is 0 Å². The van der Waals surface area contributed by atoms with Crippen molar-refractivity contribution < 1.29 is 14.0 Å². The molecule has 0 spiro atoms. The number of thioether (sulfide) groups is 2. The lowest BCUT2D eigenvalue weighted by molar-refractivity contribution is -0.130. The number of nitrogens with zero attached hydrogens (tertiary/aromatic N) is 5. The molecule has 0 saturated carbocycles. The minimum Gasteiger partial charge on any atom is -0.273 e. The Hall–Kier alpha value is -2.50. The normalized spacial score (nSPS) is 20.0. The molecule has 3 heterocycles. The van der Waals surface area contributed by atoms with Gasteiger partial charge in [-0.2, -0.15) is 15.2 Å². The molecule has 0 aromatic heterocycles. The molecule has 0 aliphatic carbocycles. The highest BCUT2D eigenvalue weighted by Gasteiger charge is 2.34. The highest BCUT2D eigenvalue weighted by molar-refractivity contribution is 9.10. The summed E-state index contributed by atoms with van der Waals surface area (Å²) in [6.45, 7) is 0.634. The second-order valence-corrected chi connectivity index (χ2v) is 10.9. The van der Waals surface area contributed by atoms with E-state index in [9.17, 15) is 14.0 Å². The smallest absolute Gasteiger partial charge is 0.253 e. The van der Waals surface area contributed by atoms with Crippen LogP contribution in [0, 0.1) is 5.82 Å². The van der Waals surface area contributed by atoms with E-state index in [2.05, 4.69) is 31.1 Å². The lowest BCUT2D eigenvalue weighted by Crippen LogP contribution is -2.28. The highest BCUT2D eigenvalue weighted by Crippen LogP contribution is 2.35. The monoisotopic (exact) mass is 559 g/mol. The Balaban J connectivity index is 1.33. The molecule has 7 nitrogen and oxygen atoms in total. The van der Waals surface area contributed by atoms with Crippen molar-refractivity contribution in [3.8, 4) is 0 Å². The number of hydrogen-bond acceptors (Lipinski definition) is 7. The van der Waals surface area contributed by atoms with Gasteiger partial charge < -0.3 is 0 Å². The predicted molar refractivity (Wildman–Crippen MR) is 137 cm³/mol. The summed E-state index contributed by atoms with van der Waals surface area (Å²) in [5.74, 6) is -0.504. The maximum Gasteiger partial charge on any atom is 0.253 e. The largest absolute Gasteiger partial charge is 0.273 e. The molecular formula is C23H19BrFN5O2S2. The van der Waals surface area contributed by atoms with Crippen molar-refractivity contribution in [2.45, 2.75) is 25.3 Å². The first-order chi connectivity index (χ1) is 16.5. The number of hydrogen-bond donors (Lipinski definition) is 0. The van der Waals surface area contributed by atoms with Gasteiger partial charge >= 0.3 is 0 Å². The maximum absolute atomic E-state index is 13.5. The highest BCUT2D eigenvalue weighted by atomic mass is 79.9. The van der Waals surface area contributed by atoms with E-state index < -0.39 is 0 Å². The van der Waals surface area contributed by atoms with Crippen molar-refractivity contribution in [1.29, 1.82) is 0 Å². The fourth-order valence-corrected chi connectivity index (χ4v) is 5.93. The zero-order valence-corrected chi connectivity index (χ0v) is 21.1. The number of aliphatic imine (C=N–C) groups is 1. The summed E-state index contributed by atoms with van der Waals surface area (Å²) in [7, 11) is 0. The van der Waals surface area contributed by atoms with Crippen LogP contribution < -0.4 is 0 Å². The van der Waals surface area contributed by atoms with Gasteiger partial charge in [0.2, 0.25) is 5.91 Å². The van der Waals surface area contributed by atoms with Crippen molar-refractivity contribution in [2.24, 2.45) is 15.2 Å². The number of benzene rings is 2. The van der Waals surface area contributed by atoms with Crippen molar-refractivity contribution in [1.82, 2.24) is 10.0 Å². The molecule has 0 saturated heterocycles. The Labute approximate surface area is 212 Å². The third-order valence-corrected chi connectivity index (χ3v) is 8.09. The Morgan fingerprint density at radius 2 is 1.91 bits per heavy atom. The zero-order chi connectivity index (χ0) is 23.7. The molecule has 0 bridgehead atoms. The molecular weight excluding hydrogens is 541 g/mol. The van der Waals surface area contributed by atoms with Crippen LogP contribution in [0.4, 0.5) is 4.39 Å². The predicted octanol–water partition coefficient (Wildman–Crippen LogP) is 5.00. The molecule has 3 aliphatic rings. The number of hydrazone groups is 2. The lowest BCUT2D eigenvalue weighted by atomic mass is 9.98. The van der Waals surface area contributed by atoms with E-state index in [1.54, 1.807) is 17.1 Å². The van der Waals surface area contributed by atoms with E-state index in [0.29, 0.717) is 35.4 Å². The number of fused-ring (bicyclic) bond motifs is 1. The Morgan fingerprint density at radius 3 is 2.68 bits per heavy atom. The summed E-state index contributed by atoms with van der Waals surface area (Å²) in [4.78, 5) is 29.1. The van der Waals surface area contributed by atoms with Crippen LogP contribution in [0.25, 0.3) is 0 Å². The standard InChI is InChI=1S/C23H19BrFN5O2S2/c24-16-7-3-14(4-8-16)18-12-19(15-5-9-17(25)10-6-15)30(27-18)21(32)13-33-23-28-29-11-1-2-20(31)26-22(29)34-23/h3-10,19H,1-2,11-13H2/t19-/m1/s1. The second kappa shape index (κ2) is 10.0. The lowest BCUT2D eigenvalue weighted by Gasteiger charge is -2.21. The average Bonchev–Trinajstić information content (AvgIpc) is 3.39. The summed E-state index contributed by atoms with van der Waals surface area (Å²) >= 11 is 6.05. The number of carbonyl (C=O) groups excluding carboxylic acids is 2. The van der Waals surface area contributed by atoms with Gasteiger partial charge in [-0.3, -0.25) is 9.59 Å². The molecule has 5 rings (SSSR count). The van der Waals surface area contributed by atoms with Gasteiger partial charge in [0.05, 0.1) is 17.5 Å². The topological polar surface area (TPSA) is 77.7 Å². The zero-order valence-electron chi connectivity index (χ0n) is 17.9. The summed E-state index contributed by atoms with van der Waals surface area (Å²) in [6, 6.07) is 13.7. The molecule has 174 valence electrons. The molecule has 0 radical (unpaired) electrons. The fourth-order valence-electron chi connectivity index (χ4n) is 3.81. The molecule has 2 amide bonds. The van der Waals surface area contributed by atoms with E-state index in [0.717, 1.165) is 21.3 Å². The maximum atomic E-state index is 13.5. The van der Waals surface area contributed by atoms with Crippen LogP contribution in [0.5, 0.6) is 0 Å². The van der Waals surface area contributed by atoms with Gasteiger partial charge in [-0.25, -0.2) is 14.4 Å². The third kappa shape index (κ3) is 5.11. The average molecular weight is 560 g/mol. The molecule has 0 N–H and O–H groups in total. The van der Waals surface area contributed by atoms with Gasteiger partial charge in [-0.05, 0) is 53.6 Å². The quantitative estimate of drug-likeness (QED) is 0.527. The summed E-state index contributed by atoms with van der Waals surface area (Å²) < 4.78 is 15.1. The van der Waals surface area contributed by atoms with E-state index in [-0.39, 0.29) is 29.4 Å². The summed E-state index contributed by atoms with van der Waals surface area (Å²) in [5, 5.41) is 13.0. The molecule has 0 unspecified atom stereocenters. The first kappa shape index (κ1) is 23.3. The van der Waals surface area contributed by atoms with Crippen molar-refractivity contribution in [3.63, 3.8) is 0 Å². The van der Waals surface area contributed by atoms with Crippen LogP contribution in [0.1, 0.15) is 36.4 Å². The molecule has 11 heteroatoms.